The molecule has 0 bridgehead atoms. The molecular weight excluding hydrogens is 276 g/mol. The number of thiophene rings is 1. The Morgan fingerprint density at radius 1 is 1.35 bits per heavy atom. The maximum atomic E-state index is 11.7. The van der Waals surface area contributed by atoms with Gasteiger partial charge in [0.15, 0.2) is 0 Å². The van der Waals surface area contributed by atoms with Gasteiger partial charge in [-0.25, -0.2) is 0 Å². The molecule has 0 aliphatic rings. The van der Waals surface area contributed by atoms with Crippen molar-refractivity contribution in [2.75, 3.05) is 13.7 Å². The molecule has 0 aromatic carbocycles. The molecule has 0 saturated heterocycles. The molecule has 1 aromatic heterocycles. The van der Waals surface area contributed by atoms with Gasteiger partial charge in [-0.2, -0.15) is 0 Å². The van der Waals surface area contributed by atoms with Crippen LogP contribution < -0.4 is 10.6 Å². The Bertz CT molecular complexity index is 445. The lowest BCUT2D eigenvalue weighted by Gasteiger charge is -2.12. The fourth-order valence-corrected chi connectivity index (χ4v) is 2.53. The van der Waals surface area contributed by atoms with E-state index < -0.39 is 0 Å². The molecule has 0 aliphatic heterocycles. The van der Waals surface area contributed by atoms with Crippen LogP contribution in [-0.2, 0) is 27.3 Å². The number of methoxy groups -OCH3 is 1. The van der Waals surface area contributed by atoms with Crippen LogP contribution in [0.1, 0.15) is 30.0 Å². The summed E-state index contributed by atoms with van der Waals surface area (Å²) in [5, 5.41) is 6.02. The van der Waals surface area contributed by atoms with Crippen molar-refractivity contribution < 1.29 is 14.3 Å². The zero-order valence-electron chi connectivity index (χ0n) is 12.2. The number of carbonyl (C=O) groups excluding carboxylic acids is 2. The molecule has 1 heterocycles. The van der Waals surface area contributed by atoms with Crippen LogP contribution in [0.2, 0.25) is 0 Å². The predicted molar refractivity (Wildman–Crippen MR) is 79.6 cm³/mol. The number of hydrogen-bond acceptors (Lipinski definition) is 5. The molecule has 112 valence electrons. The molecule has 20 heavy (non-hydrogen) atoms. The van der Waals surface area contributed by atoms with Gasteiger partial charge in [0.2, 0.25) is 5.91 Å². The molecule has 0 fully saturated rings. The van der Waals surface area contributed by atoms with Crippen molar-refractivity contribution in [2.24, 2.45) is 0 Å². The largest absolute Gasteiger partial charge is 0.469 e. The molecule has 1 rings (SSSR count). The van der Waals surface area contributed by atoms with Crippen LogP contribution in [0.25, 0.3) is 0 Å². The molecule has 1 amide bonds. The summed E-state index contributed by atoms with van der Waals surface area (Å²) >= 11 is 1.55. The number of ether oxygens (including phenoxy) is 1. The van der Waals surface area contributed by atoms with Crippen molar-refractivity contribution in [2.45, 2.75) is 39.3 Å². The van der Waals surface area contributed by atoms with Crippen molar-refractivity contribution in [3.05, 3.63) is 21.9 Å². The van der Waals surface area contributed by atoms with Crippen LogP contribution in [0.3, 0.4) is 0 Å². The lowest BCUT2D eigenvalue weighted by atomic mass is 10.3. The number of amides is 1. The first kappa shape index (κ1) is 16.7. The number of hydrogen-bond donors (Lipinski definition) is 2. The van der Waals surface area contributed by atoms with Crippen LogP contribution in [0.5, 0.6) is 0 Å². The van der Waals surface area contributed by atoms with E-state index in [1.165, 1.54) is 7.11 Å². The predicted octanol–water partition coefficient (Wildman–Crippen LogP) is 1.47. The monoisotopic (exact) mass is 298 g/mol. The van der Waals surface area contributed by atoms with Gasteiger partial charge in [-0.15, -0.1) is 11.3 Å². The Kier molecular flexibility index (Phi) is 7.25. The minimum atomic E-state index is -0.237. The molecule has 1 unspecified atom stereocenters. The molecular formula is C14H22N2O3S. The van der Waals surface area contributed by atoms with E-state index in [1.807, 2.05) is 26.0 Å². The second-order valence-electron chi connectivity index (χ2n) is 4.51. The Labute approximate surface area is 123 Å². The van der Waals surface area contributed by atoms with Crippen molar-refractivity contribution in [3.63, 3.8) is 0 Å². The average molecular weight is 298 g/mol. The topological polar surface area (TPSA) is 67.4 Å². The Morgan fingerprint density at radius 2 is 2.05 bits per heavy atom. The molecule has 0 radical (unpaired) electrons. The smallest absolute Gasteiger partial charge is 0.310 e. The van der Waals surface area contributed by atoms with Crippen molar-refractivity contribution in [1.29, 1.82) is 0 Å². The lowest BCUT2D eigenvalue weighted by Crippen LogP contribution is -2.41. The summed E-state index contributed by atoms with van der Waals surface area (Å²) in [7, 11) is 1.38. The summed E-state index contributed by atoms with van der Waals surface area (Å²) < 4.78 is 4.63. The van der Waals surface area contributed by atoms with Gasteiger partial charge in [-0.05, 0) is 25.5 Å². The minimum Gasteiger partial charge on any atom is -0.469 e. The highest BCUT2D eigenvalue weighted by Crippen LogP contribution is 2.17. The third kappa shape index (κ3) is 5.71. The molecule has 1 atom stereocenters. The second-order valence-corrected chi connectivity index (χ2v) is 5.77. The SMILES string of the molecule is CCCNC(=O)C(C)NCc1ccc(CC(=O)OC)s1. The van der Waals surface area contributed by atoms with Crippen LogP contribution in [0, 0.1) is 0 Å². The second kappa shape index (κ2) is 8.71. The zero-order valence-corrected chi connectivity index (χ0v) is 13.0. The first-order valence-electron chi connectivity index (χ1n) is 6.72. The van der Waals surface area contributed by atoms with Gasteiger partial charge in [0.05, 0.1) is 19.6 Å². The molecule has 0 spiro atoms. The zero-order chi connectivity index (χ0) is 15.0. The van der Waals surface area contributed by atoms with Crippen LogP contribution in [0.4, 0.5) is 0 Å². The minimum absolute atomic E-state index is 0.0122. The highest BCUT2D eigenvalue weighted by atomic mass is 32.1. The van der Waals surface area contributed by atoms with E-state index in [-0.39, 0.29) is 17.9 Å². The van der Waals surface area contributed by atoms with E-state index in [0.717, 1.165) is 16.2 Å². The van der Waals surface area contributed by atoms with Crippen LogP contribution in [-0.4, -0.2) is 31.6 Å². The first-order chi connectivity index (χ1) is 9.56. The summed E-state index contributed by atoms with van der Waals surface area (Å²) in [5.74, 6) is -0.225. The van der Waals surface area contributed by atoms with Crippen molar-refractivity contribution in [3.8, 4) is 0 Å². The highest BCUT2D eigenvalue weighted by Gasteiger charge is 2.12. The van der Waals surface area contributed by atoms with E-state index in [0.29, 0.717) is 19.5 Å². The van der Waals surface area contributed by atoms with E-state index in [9.17, 15) is 9.59 Å². The normalized spacial score (nSPS) is 11.9. The third-order valence-corrected chi connectivity index (χ3v) is 3.87. The van der Waals surface area contributed by atoms with Gasteiger partial charge in [0, 0.05) is 22.8 Å². The van der Waals surface area contributed by atoms with Crippen LogP contribution in [0.15, 0.2) is 12.1 Å². The molecule has 0 aliphatic carbocycles. The fraction of sp³-hybridized carbons (Fsp3) is 0.571. The van der Waals surface area contributed by atoms with Crippen LogP contribution >= 0.6 is 11.3 Å². The molecule has 0 saturated carbocycles. The summed E-state index contributed by atoms with van der Waals surface area (Å²) in [4.78, 5) is 24.9. The lowest BCUT2D eigenvalue weighted by molar-refractivity contribution is -0.139. The highest BCUT2D eigenvalue weighted by molar-refractivity contribution is 7.12. The Morgan fingerprint density at radius 3 is 2.70 bits per heavy atom. The van der Waals surface area contributed by atoms with Gasteiger partial charge < -0.3 is 15.4 Å². The van der Waals surface area contributed by atoms with E-state index in [4.69, 9.17) is 0 Å². The van der Waals surface area contributed by atoms with Gasteiger partial charge in [0.25, 0.3) is 0 Å². The first-order valence-corrected chi connectivity index (χ1v) is 7.54. The van der Waals surface area contributed by atoms with Crippen molar-refractivity contribution in [1.82, 2.24) is 10.6 Å². The Hall–Kier alpha value is -1.40. The summed E-state index contributed by atoms with van der Waals surface area (Å²) in [6.07, 6.45) is 1.23. The maximum Gasteiger partial charge on any atom is 0.310 e. The van der Waals surface area contributed by atoms with Gasteiger partial charge in [-0.3, -0.25) is 9.59 Å². The molecule has 6 heteroatoms. The van der Waals surface area contributed by atoms with E-state index >= 15 is 0 Å². The molecule has 5 nitrogen and oxygen atoms in total. The third-order valence-electron chi connectivity index (χ3n) is 2.79. The number of nitrogens with one attached hydrogen (secondary N) is 2. The Balaban J connectivity index is 2.38. The fourth-order valence-electron chi connectivity index (χ4n) is 1.57. The van der Waals surface area contributed by atoms with Gasteiger partial charge >= 0.3 is 5.97 Å². The summed E-state index contributed by atoms with van der Waals surface area (Å²) in [6, 6.07) is 3.65. The summed E-state index contributed by atoms with van der Waals surface area (Å²) in [6.45, 7) is 5.18. The van der Waals surface area contributed by atoms with Gasteiger partial charge in [-0.1, -0.05) is 6.92 Å². The van der Waals surface area contributed by atoms with E-state index in [1.54, 1.807) is 11.3 Å². The molecule has 1 aromatic rings. The summed E-state index contributed by atoms with van der Waals surface area (Å²) in [5.41, 5.74) is 0. The average Bonchev–Trinajstić information content (AvgIpc) is 2.89. The molecule has 2 N–H and O–H groups in total. The quantitative estimate of drug-likeness (QED) is 0.713. The van der Waals surface area contributed by atoms with Crippen molar-refractivity contribution >= 4 is 23.2 Å². The maximum absolute atomic E-state index is 11.7. The number of esters is 1. The number of carbonyl (C=O) groups is 2. The van der Waals surface area contributed by atoms with E-state index in [2.05, 4.69) is 15.4 Å². The standard InChI is InChI=1S/C14H22N2O3S/c1-4-7-15-14(18)10(2)16-9-12-6-5-11(20-12)8-13(17)19-3/h5-6,10,16H,4,7-9H2,1-3H3,(H,15,18). The van der Waals surface area contributed by atoms with Gasteiger partial charge in [0.1, 0.15) is 0 Å². The number of rotatable bonds is 8.